The number of halogens is 1. The van der Waals surface area contributed by atoms with E-state index in [-0.39, 0.29) is 49.9 Å². The third-order valence-electron chi connectivity index (χ3n) is 5.22. The molecule has 1 atom stereocenters. The van der Waals surface area contributed by atoms with E-state index in [1.54, 1.807) is 12.4 Å². The molecule has 3 aromatic rings. The maximum Gasteiger partial charge on any atom is 0.268 e. The van der Waals surface area contributed by atoms with Gasteiger partial charge >= 0.3 is 0 Å². The van der Waals surface area contributed by atoms with Crippen molar-refractivity contribution in [2.45, 2.75) is 46.0 Å². The zero-order valence-corrected chi connectivity index (χ0v) is 20.8. The van der Waals surface area contributed by atoms with Crippen molar-refractivity contribution in [2.24, 2.45) is 11.6 Å². The van der Waals surface area contributed by atoms with Gasteiger partial charge in [0, 0.05) is 43.1 Å². The van der Waals surface area contributed by atoms with Gasteiger partial charge in [-0.2, -0.15) is 0 Å². The van der Waals surface area contributed by atoms with Gasteiger partial charge in [-0.05, 0) is 43.5 Å². The second kappa shape index (κ2) is 13.1. The summed E-state index contributed by atoms with van der Waals surface area (Å²) in [7, 11) is 0. The molecular formula is C24H31FN10O2. The second-order valence-corrected chi connectivity index (χ2v) is 8.56. The van der Waals surface area contributed by atoms with E-state index in [0.717, 1.165) is 27.5 Å². The van der Waals surface area contributed by atoms with Crippen LogP contribution in [-0.2, 0) is 29.1 Å². The lowest BCUT2D eigenvalue weighted by Crippen LogP contribution is -2.34. The molecule has 0 spiro atoms. The molecule has 3 aromatic heterocycles. The number of hydrazine groups is 1. The van der Waals surface area contributed by atoms with Gasteiger partial charge in [-0.1, -0.05) is 17.3 Å². The number of nitrogens with two attached hydrogens (primary N) is 2. The van der Waals surface area contributed by atoms with Crippen LogP contribution >= 0.6 is 0 Å². The van der Waals surface area contributed by atoms with Gasteiger partial charge in [0.2, 0.25) is 5.91 Å². The van der Waals surface area contributed by atoms with Crippen molar-refractivity contribution in [1.29, 1.82) is 0 Å². The normalized spacial score (nSPS) is 12.2. The molecule has 3 heterocycles. The van der Waals surface area contributed by atoms with E-state index in [9.17, 15) is 14.0 Å². The maximum absolute atomic E-state index is 14.5. The molecule has 0 saturated heterocycles. The predicted molar refractivity (Wildman–Crippen MR) is 135 cm³/mol. The van der Waals surface area contributed by atoms with E-state index >= 15 is 0 Å². The van der Waals surface area contributed by atoms with Crippen molar-refractivity contribution in [3.05, 3.63) is 77.3 Å². The standard InChI is InChI=1S/C24H31FN10O2/c1-16-3-5-18(10-28-16)9-23(36)31-22-15-35(33-32-22)13-20(25)7-8-34(27)14-21(26)24(37)30-12-19-6-4-17(2)29-11-19/h3-6,10-11,14-15,20H,7-9,12-13,26-27H2,1-2H3,(H,30,37)(H,31,36)/b21-14-. The first-order chi connectivity index (χ1) is 17.7. The third kappa shape index (κ3) is 9.29. The number of alkyl halides is 1. The Morgan fingerprint density at radius 3 is 2.46 bits per heavy atom. The van der Waals surface area contributed by atoms with Gasteiger partial charge < -0.3 is 21.4 Å². The van der Waals surface area contributed by atoms with Crippen molar-refractivity contribution < 1.29 is 14.0 Å². The van der Waals surface area contributed by atoms with E-state index in [1.165, 1.54) is 17.1 Å². The number of nitrogens with one attached hydrogen (secondary N) is 2. The molecule has 0 saturated carbocycles. The van der Waals surface area contributed by atoms with E-state index in [2.05, 4.69) is 30.9 Å². The summed E-state index contributed by atoms with van der Waals surface area (Å²) in [5.74, 6) is 5.29. The monoisotopic (exact) mass is 510 g/mol. The average molecular weight is 511 g/mol. The molecule has 0 fully saturated rings. The number of hydrogen-bond donors (Lipinski definition) is 4. The van der Waals surface area contributed by atoms with E-state index in [1.807, 2.05) is 38.1 Å². The Kier molecular flexibility index (Phi) is 9.61. The number of pyridine rings is 2. The van der Waals surface area contributed by atoms with Crippen molar-refractivity contribution in [3.8, 4) is 0 Å². The Labute approximate surface area is 213 Å². The largest absolute Gasteiger partial charge is 0.393 e. The summed E-state index contributed by atoms with van der Waals surface area (Å²) in [6, 6.07) is 7.35. The number of carbonyl (C=O) groups is 2. The fourth-order valence-corrected chi connectivity index (χ4v) is 3.19. The van der Waals surface area contributed by atoms with Gasteiger partial charge in [0.15, 0.2) is 5.82 Å². The Morgan fingerprint density at radius 2 is 1.81 bits per heavy atom. The van der Waals surface area contributed by atoms with Gasteiger partial charge in [0.05, 0.1) is 19.2 Å². The number of aryl methyl sites for hydroxylation is 2. The van der Waals surface area contributed by atoms with Crippen LogP contribution in [0.15, 0.2) is 54.8 Å². The van der Waals surface area contributed by atoms with Crippen LogP contribution in [0.4, 0.5) is 10.2 Å². The van der Waals surface area contributed by atoms with Gasteiger partial charge in [-0.25, -0.2) is 14.9 Å². The lowest BCUT2D eigenvalue weighted by Gasteiger charge is -2.16. The first kappa shape index (κ1) is 27.2. The van der Waals surface area contributed by atoms with Crippen LogP contribution in [0.2, 0.25) is 0 Å². The van der Waals surface area contributed by atoms with Crippen molar-refractivity contribution in [2.75, 3.05) is 11.9 Å². The minimum absolute atomic E-state index is 0.0545. The Bertz CT molecular complexity index is 1210. The summed E-state index contributed by atoms with van der Waals surface area (Å²) in [5, 5.41) is 14.2. The smallest absolute Gasteiger partial charge is 0.268 e. The molecule has 37 heavy (non-hydrogen) atoms. The Morgan fingerprint density at radius 1 is 1.14 bits per heavy atom. The molecule has 3 rings (SSSR count). The van der Waals surface area contributed by atoms with E-state index < -0.39 is 12.1 Å². The summed E-state index contributed by atoms with van der Waals surface area (Å²) in [4.78, 5) is 32.7. The Hall–Kier alpha value is -4.39. The molecule has 0 aliphatic heterocycles. The highest BCUT2D eigenvalue weighted by Gasteiger charge is 2.13. The average Bonchev–Trinajstić information content (AvgIpc) is 3.29. The van der Waals surface area contributed by atoms with Gasteiger partial charge in [-0.3, -0.25) is 19.6 Å². The maximum atomic E-state index is 14.5. The van der Waals surface area contributed by atoms with Crippen molar-refractivity contribution in [1.82, 2.24) is 35.3 Å². The number of anilines is 1. The highest BCUT2D eigenvalue weighted by atomic mass is 19.1. The molecule has 2 amide bonds. The molecule has 12 nitrogen and oxygen atoms in total. The fourth-order valence-electron chi connectivity index (χ4n) is 3.19. The van der Waals surface area contributed by atoms with Crippen LogP contribution in [0, 0.1) is 13.8 Å². The topological polar surface area (TPSA) is 170 Å². The first-order valence-electron chi connectivity index (χ1n) is 11.6. The summed E-state index contributed by atoms with van der Waals surface area (Å²) in [6.45, 7) is 4.03. The zero-order chi connectivity index (χ0) is 26.8. The lowest BCUT2D eigenvalue weighted by atomic mass is 10.2. The first-order valence-corrected chi connectivity index (χ1v) is 11.6. The molecule has 196 valence electrons. The van der Waals surface area contributed by atoms with Gasteiger partial charge in [0.1, 0.15) is 11.9 Å². The third-order valence-corrected chi connectivity index (χ3v) is 5.22. The highest BCUT2D eigenvalue weighted by molar-refractivity contribution is 5.92. The van der Waals surface area contributed by atoms with Crippen LogP contribution in [0.5, 0.6) is 0 Å². The molecule has 13 heteroatoms. The molecular weight excluding hydrogens is 479 g/mol. The molecule has 0 bridgehead atoms. The minimum Gasteiger partial charge on any atom is -0.393 e. The molecule has 1 unspecified atom stereocenters. The number of rotatable bonds is 12. The molecule has 0 aromatic carbocycles. The van der Waals surface area contributed by atoms with Crippen LogP contribution in [-0.4, -0.2) is 54.5 Å². The Balaban J connectivity index is 1.38. The summed E-state index contributed by atoms with van der Waals surface area (Å²) < 4.78 is 15.8. The molecule has 6 N–H and O–H groups in total. The van der Waals surface area contributed by atoms with Crippen molar-refractivity contribution >= 4 is 17.6 Å². The quantitative estimate of drug-likeness (QED) is 0.157. The van der Waals surface area contributed by atoms with Crippen LogP contribution in [0.25, 0.3) is 0 Å². The SMILES string of the molecule is Cc1ccc(CNC(=O)/C(N)=C/N(N)CCC(F)Cn2cc(NC(=O)Cc3ccc(C)nc3)nn2)cn1. The summed E-state index contributed by atoms with van der Waals surface area (Å²) >= 11 is 0. The number of aromatic nitrogens is 5. The number of carbonyl (C=O) groups excluding carboxylic acids is 2. The van der Waals surface area contributed by atoms with Crippen LogP contribution in [0.3, 0.4) is 0 Å². The van der Waals surface area contributed by atoms with Crippen LogP contribution < -0.4 is 22.2 Å². The lowest BCUT2D eigenvalue weighted by molar-refractivity contribution is -0.118. The zero-order valence-electron chi connectivity index (χ0n) is 20.8. The second-order valence-electron chi connectivity index (χ2n) is 8.56. The number of amides is 2. The van der Waals surface area contributed by atoms with E-state index in [4.69, 9.17) is 11.6 Å². The van der Waals surface area contributed by atoms with Gasteiger partial charge in [-0.15, -0.1) is 5.10 Å². The summed E-state index contributed by atoms with van der Waals surface area (Å²) in [6.07, 6.45) is 4.90. The molecule has 0 aliphatic rings. The van der Waals surface area contributed by atoms with Gasteiger partial charge in [0.25, 0.3) is 5.91 Å². The predicted octanol–water partition coefficient (Wildman–Crippen LogP) is 0.887. The molecule has 0 radical (unpaired) electrons. The summed E-state index contributed by atoms with van der Waals surface area (Å²) in [5.41, 5.74) is 9.03. The molecule has 0 aliphatic carbocycles. The number of hydrogen-bond acceptors (Lipinski definition) is 9. The number of nitrogens with zero attached hydrogens (tertiary/aromatic N) is 6. The highest BCUT2D eigenvalue weighted by Crippen LogP contribution is 2.08. The fraction of sp³-hybridized carbons (Fsp3) is 0.333. The van der Waals surface area contributed by atoms with Crippen molar-refractivity contribution in [3.63, 3.8) is 0 Å². The van der Waals surface area contributed by atoms with E-state index in [0.29, 0.717) is 0 Å². The van der Waals surface area contributed by atoms with Crippen LogP contribution in [0.1, 0.15) is 28.9 Å². The minimum atomic E-state index is -1.30.